The average molecular weight is 561 g/mol. The van der Waals surface area contributed by atoms with Crippen LogP contribution in [0, 0.1) is 5.92 Å². The van der Waals surface area contributed by atoms with Crippen molar-refractivity contribution in [2.24, 2.45) is 5.92 Å². The van der Waals surface area contributed by atoms with E-state index in [9.17, 15) is 9.59 Å². The second-order valence-electron chi connectivity index (χ2n) is 12.4. The maximum Gasteiger partial charge on any atom is 0.257 e. The monoisotopic (exact) mass is 560 g/mol. The predicted octanol–water partition coefficient (Wildman–Crippen LogP) is 5.43. The Bertz CT molecular complexity index is 912. The molecule has 38 heavy (non-hydrogen) atoms. The van der Waals surface area contributed by atoms with Gasteiger partial charge in [-0.15, -0.1) is 11.8 Å². The maximum absolute atomic E-state index is 13.6. The molecule has 1 atom stereocenters. The fraction of sp³-hybridized carbons (Fsp3) is 0.733. The van der Waals surface area contributed by atoms with Gasteiger partial charge in [0, 0.05) is 36.6 Å². The number of nitrogens with one attached hydrogen (secondary N) is 2. The van der Waals surface area contributed by atoms with Gasteiger partial charge < -0.3 is 0 Å². The van der Waals surface area contributed by atoms with Gasteiger partial charge in [0.1, 0.15) is 6.04 Å². The molecule has 1 aromatic carbocycles. The molecule has 1 aromatic rings. The molecule has 212 valence electrons. The minimum Gasteiger partial charge on any atom is -0.299 e. The van der Waals surface area contributed by atoms with E-state index in [1.165, 1.54) is 37.7 Å². The lowest BCUT2D eigenvalue weighted by Gasteiger charge is -2.39. The van der Waals surface area contributed by atoms with Crippen molar-refractivity contribution < 1.29 is 9.59 Å². The minimum atomic E-state index is -0.350. The fourth-order valence-corrected chi connectivity index (χ4v) is 9.18. The molecule has 3 fully saturated rings. The number of rotatable bonds is 9. The lowest BCUT2D eigenvalue weighted by molar-refractivity contribution is -0.146. The standard InChI is InChI=1S/C30H48N4O2S2/c1-29(2)27(31-30(3,4)38-29)28(36)32-34(26(35)17-20-37-22-24-13-9-6-10-14-24)25-15-18-33(19-16-25)21-23-11-7-5-8-12-23/h5,7-8,11-12,24-25,27,31H,6,9-10,13-22H2,1-4H3,(H,32,36)/t27-/m1/s1. The first-order valence-electron chi connectivity index (χ1n) is 14.6. The van der Waals surface area contributed by atoms with Crippen molar-refractivity contribution in [1.82, 2.24) is 20.7 Å². The van der Waals surface area contributed by atoms with Crippen LogP contribution in [-0.2, 0) is 16.1 Å². The van der Waals surface area contributed by atoms with Crippen LogP contribution < -0.4 is 10.7 Å². The van der Waals surface area contributed by atoms with Crippen molar-refractivity contribution in [3.8, 4) is 0 Å². The lowest BCUT2D eigenvalue weighted by Crippen LogP contribution is -2.61. The van der Waals surface area contributed by atoms with E-state index >= 15 is 0 Å². The summed E-state index contributed by atoms with van der Waals surface area (Å²) < 4.78 is -0.253. The highest BCUT2D eigenvalue weighted by atomic mass is 32.2. The van der Waals surface area contributed by atoms with Gasteiger partial charge in [0.2, 0.25) is 5.91 Å². The summed E-state index contributed by atoms with van der Waals surface area (Å²) in [4.78, 5) is 29.4. The molecule has 0 aromatic heterocycles. The highest BCUT2D eigenvalue weighted by Gasteiger charge is 2.49. The molecule has 1 aliphatic carbocycles. The highest BCUT2D eigenvalue weighted by molar-refractivity contribution is 8.02. The third kappa shape index (κ3) is 8.39. The van der Waals surface area contributed by atoms with Gasteiger partial charge in [0.15, 0.2) is 0 Å². The number of likely N-dealkylation sites (tertiary alicyclic amines) is 1. The molecule has 2 aliphatic heterocycles. The number of piperidine rings is 1. The van der Waals surface area contributed by atoms with Crippen molar-refractivity contribution in [1.29, 1.82) is 0 Å². The zero-order chi connectivity index (χ0) is 27.2. The van der Waals surface area contributed by atoms with Gasteiger partial charge >= 0.3 is 0 Å². The summed E-state index contributed by atoms with van der Waals surface area (Å²) in [5.41, 5.74) is 4.43. The summed E-state index contributed by atoms with van der Waals surface area (Å²) in [7, 11) is 0. The van der Waals surface area contributed by atoms with Gasteiger partial charge in [-0.3, -0.25) is 30.2 Å². The molecule has 0 unspecified atom stereocenters. The first-order chi connectivity index (χ1) is 18.1. The topological polar surface area (TPSA) is 64.7 Å². The molecule has 0 bridgehead atoms. The summed E-state index contributed by atoms with van der Waals surface area (Å²) in [5, 5.41) is 5.21. The number of benzene rings is 1. The SMILES string of the molecule is CC1(C)N[C@H](C(=O)NN(C(=O)CCSCC2CCCCC2)C2CCN(Cc3ccccc3)CC2)C(C)(C)S1. The van der Waals surface area contributed by atoms with Crippen LogP contribution in [0.2, 0.25) is 0 Å². The molecule has 8 heteroatoms. The van der Waals surface area contributed by atoms with Crippen LogP contribution in [0.1, 0.15) is 84.6 Å². The zero-order valence-electron chi connectivity index (χ0n) is 23.8. The predicted molar refractivity (Wildman–Crippen MR) is 161 cm³/mol. The molecule has 0 spiro atoms. The quantitative estimate of drug-likeness (QED) is 0.310. The van der Waals surface area contributed by atoms with Crippen LogP contribution in [-0.4, -0.2) is 68.0 Å². The van der Waals surface area contributed by atoms with E-state index in [0.717, 1.165) is 49.9 Å². The number of nitrogens with zero attached hydrogens (tertiary/aromatic N) is 2. The van der Waals surface area contributed by atoms with Crippen LogP contribution in [0.4, 0.5) is 0 Å². The van der Waals surface area contributed by atoms with Crippen molar-refractivity contribution in [2.45, 2.75) is 107 Å². The Morgan fingerprint density at radius 2 is 1.74 bits per heavy atom. The molecular formula is C30H48N4O2S2. The summed E-state index contributed by atoms with van der Waals surface area (Å²) >= 11 is 3.69. The van der Waals surface area contributed by atoms with Crippen LogP contribution >= 0.6 is 23.5 Å². The van der Waals surface area contributed by atoms with E-state index in [4.69, 9.17) is 0 Å². The first-order valence-corrected chi connectivity index (χ1v) is 16.5. The molecular weight excluding hydrogens is 512 g/mol. The number of hydrogen-bond donors (Lipinski definition) is 2. The van der Waals surface area contributed by atoms with Gasteiger partial charge in [-0.05, 0) is 70.6 Å². The van der Waals surface area contributed by atoms with E-state index in [1.54, 1.807) is 16.8 Å². The Hall–Kier alpha value is -1.22. The first kappa shape index (κ1) is 29.8. The van der Waals surface area contributed by atoms with Crippen molar-refractivity contribution in [2.75, 3.05) is 24.6 Å². The maximum atomic E-state index is 13.6. The summed E-state index contributed by atoms with van der Waals surface area (Å²) in [6.45, 7) is 11.2. The summed E-state index contributed by atoms with van der Waals surface area (Å²) in [6, 6.07) is 10.2. The van der Waals surface area contributed by atoms with Crippen molar-refractivity contribution in [3.05, 3.63) is 35.9 Å². The molecule has 6 nitrogen and oxygen atoms in total. The number of hydrogen-bond acceptors (Lipinski definition) is 6. The van der Waals surface area contributed by atoms with E-state index in [0.29, 0.717) is 6.42 Å². The van der Waals surface area contributed by atoms with Gasteiger partial charge in [-0.1, -0.05) is 49.6 Å². The van der Waals surface area contributed by atoms with E-state index in [-0.39, 0.29) is 33.5 Å². The number of carbonyl (C=O) groups is 2. The van der Waals surface area contributed by atoms with Gasteiger partial charge in [-0.2, -0.15) is 11.8 Å². The molecule has 4 rings (SSSR count). The number of carbonyl (C=O) groups excluding carboxylic acids is 2. The minimum absolute atomic E-state index is 0.0343. The molecule has 3 aliphatic rings. The highest BCUT2D eigenvalue weighted by Crippen LogP contribution is 2.44. The zero-order valence-corrected chi connectivity index (χ0v) is 25.5. The van der Waals surface area contributed by atoms with E-state index < -0.39 is 0 Å². The molecule has 2 N–H and O–H groups in total. The second kappa shape index (κ2) is 13.4. The third-order valence-corrected chi connectivity index (χ3v) is 10.8. The Balaban J connectivity index is 1.35. The Kier molecular flexibility index (Phi) is 10.5. The average Bonchev–Trinajstić information content (AvgIpc) is 3.13. The fourth-order valence-electron chi connectivity index (χ4n) is 6.25. The summed E-state index contributed by atoms with van der Waals surface area (Å²) in [6.07, 6.45) is 8.98. The molecule has 2 saturated heterocycles. The molecule has 0 radical (unpaired) electrons. The van der Waals surface area contributed by atoms with Gasteiger partial charge in [0.25, 0.3) is 5.91 Å². The number of thioether (sulfide) groups is 2. The lowest BCUT2D eigenvalue weighted by atomic mass is 9.91. The van der Waals surface area contributed by atoms with Crippen molar-refractivity contribution >= 4 is 35.3 Å². The largest absolute Gasteiger partial charge is 0.299 e. The van der Waals surface area contributed by atoms with Crippen LogP contribution in [0.5, 0.6) is 0 Å². The molecule has 2 amide bonds. The number of amides is 2. The van der Waals surface area contributed by atoms with Gasteiger partial charge in [-0.25, -0.2) is 0 Å². The van der Waals surface area contributed by atoms with Crippen LogP contribution in [0.15, 0.2) is 30.3 Å². The Labute approximate surface area is 238 Å². The van der Waals surface area contributed by atoms with Gasteiger partial charge in [0.05, 0.1) is 10.9 Å². The molecule has 2 heterocycles. The summed E-state index contributed by atoms with van der Waals surface area (Å²) in [5.74, 6) is 2.75. The number of hydrazine groups is 1. The second-order valence-corrected chi connectivity index (χ2v) is 15.8. The van der Waals surface area contributed by atoms with Crippen LogP contribution in [0.3, 0.4) is 0 Å². The van der Waals surface area contributed by atoms with Crippen LogP contribution in [0.25, 0.3) is 0 Å². The normalized spacial score (nSPS) is 24.3. The third-order valence-electron chi connectivity index (χ3n) is 8.18. The molecule has 1 saturated carbocycles. The van der Waals surface area contributed by atoms with Crippen molar-refractivity contribution in [3.63, 3.8) is 0 Å². The Morgan fingerprint density at radius 1 is 1.05 bits per heavy atom. The Morgan fingerprint density at radius 3 is 2.37 bits per heavy atom. The smallest absolute Gasteiger partial charge is 0.257 e. The van der Waals surface area contributed by atoms with E-state index in [2.05, 4.69) is 73.7 Å². The van der Waals surface area contributed by atoms with E-state index in [1.807, 2.05) is 11.8 Å².